The van der Waals surface area contributed by atoms with Gasteiger partial charge in [-0.2, -0.15) is 0 Å². The van der Waals surface area contributed by atoms with Crippen molar-refractivity contribution < 1.29 is 5.11 Å². The van der Waals surface area contributed by atoms with Gasteiger partial charge in [-0.3, -0.25) is 9.97 Å². The third-order valence-electron chi connectivity index (χ3n) is 2.62. The first-order valence-corrected chi connectivity index (χ1v) is 6.31. The Kier molecular flexibility index (Phi) is 3.91. The summed E-state index contributed by atoms with van der Waals surface area (Å²) in [6.07, 6.45) is 4.34. The summed E-state index contributed by atoms with van der Waals surface area (Å²) in [6, 6.07) is 3.85. The number of aromatic nitrogens is 2. The number of aliphatic hydroxyl groups is 1. The molecule has 4 nitrogen and oxygen atoms in total. The molecule has 2 aromatic heterocycles. The van der Waals surface area contributed by atoms with Crippen LogP contribution in [0.3, 0.4) is 0 Å². The van der Waals surface area contributed by atoms with Crippen LogP contribution in [0.25, 0.3) is 11.0 Å². The second kappa shape index (κ2) is 5.42. The van der Waals surface area contributed by atoms with Gasteiger partial charge in [-0.15, -0.1) is 0 Å². The Morgan fingerprint density at radius 2 is 2.29 bits per heavy atom. The predicted molar refractivity (Wildman–Crippen MR) is 72.0 cm³/mol. The van der Waals surface area contributed by atoms with Crippen LogP contribution in [0.15, 0.2) is 29.0 Å². The number of anilines is 1. The van der Waals surface area contributed by atoms with Crippen molar-refractivity contribution in [3.63, 3.8) is 0 Å². The van der Waals surface area contributed by atoms with Gasteiger partial charge < -0.3 is 10.4 Å². The number of hydrogen-bond acceptors (Lipinski definition) is 4. The Balaban J connectivity index is 2.40. The van der Waals surface area contributed by atoms with Crippen LogP contribution in [0.2, 0.25) is 0 Å². The maximum absolute atomic E-state index is 9.20. The summed E-state index contributed by atoms with van der Waals surface area (Å²) in [5.41, 5.74) is 2.56. The largest absolute Gasteiger partial charge is 0.394 e. The molecule has 0 radical (unpaired) electrons. The lowest BCUT2D eigenvalue weighted by molar-refractivity contribution is 0.272. The fourth-order valence-electron chi connectivity index (χ4n) is 1.62. The van der Waals surface area contributed by atoms with Crippen LogP contribution in [0.1, 0.15) is 13.3 Å². The van der Waals surface area contributed by atoms with E-state index in [2.05, 4.69) is 31.2 Å². The third kappa shape index (κ3) is 2.73. The molecule has 0 bridgehead atoms. The zero-order valence-electron chi connectivity index (χ0n) is 9.52. The molecule has 5 heteroatoms. The molecular weight excluding hydrogens is 282 g/mol. The number of rotatable bonds is 4. The molecule has 0 amide bonds. The number of halogens is 1. The highest BCUT2D eigenvalue weighted by molar-refractivity contribution is 9.10. The number of hydrogen-bond donors (Lipinski definition) is 2. The molecule has 2 heterocycles. The quantitative estimate of drug-likeness (QED) is 0.910. The molecule has 90 valence electrons. The van der Waals surface area contributed by atoms with Gasteiger partial charge in [0.2, 0.25) is 0 Å². The number of nitrogens with one attached hydrogen (secondary N) is 1. The maximum Gasteiger partial charge on any atom is 0.112 e. The van der Waals surface area contributed by atoms with Gasteiger partial charge in [-0.25, -0.2) is 0 Å². The Labute approximate surface area is 108 Å². The maximum atomic E-state index is 9.20. The van der Waals surface area contributed by atoms with Gasteiger partial charge in [0.05, 0.1) is 17.8 Å². The SMILES string of the molecule is CC[C@H](CO)Nc1ccnc2cc(Br)cnc12. The van der Waals surface area contributed by atoms with Crippen molar-refractivity contribution in [3.8, 4) is 0 Å². The van der Waals surface area contributed by atoms with E-state index in [4.69, 9.17) is 0 Å². The molecule has 0 fully saturated rings. The minimum Gasteiger partial charge on any atom is -0.394 e. The van der Waals surface area contributed by atoms with E-state index >= 15 is 0 Å². The van der Waals surface area contributed by atoms with Gasteiger partial charge in [0.25, 0.3) is 0 Å². The molecule has 2 N–H and O–H groups in total. The highest BCUT2D eigenvalue weighted by Crippen LogP contribution is 2.22. The Bertz CT molecular complexity index is 514. The summed E-state index contributed by atoms with van der Waals surface area (Å²) in [6.45, 7) is 2.14. The third-order valence-corrected chi connectivity index (χ3v) is 3.05. The van der Waals surface area contributed by atoms with E-state index in [-0.39, 0.29) is 12.6 Å². The van der Waals surface area contributed by atoms with Gasteiger partial charge in [-0.05, 0) is 34.5 Å². The van der Waals surface area contributed by atoms with Crippen molar-refractivity contribution in [1.82, 2.24) is 9.97 Å². The highest BCUT2D eigenvalue weighted by Gasteiger charge is 2.08. The molecule has 17 heavy (non-hydrogen) atoms. The first-order valence-electron chi connectivity index (χ1n) is 5.52. The zero-order chi connectivity index (χ0) is 12.3. The molecule has 0 aliphatic carbocycles. The van der Waals surface area contributed by atoms with Crippen molar-refractivity contribution >= 4 is 32.7 Å². The van der Waals surface area contributed by atoms with Crippen LogP contribution in [-0.4, -0.2) is 27.7 Å². The van der Waals surface area contributed by atoms with Crippen molar-refractivity contribution in [2.24, 2.45) is 0 Å². The van der Waals surface area contributed by atoms with Gasteiger partial charge in [0, 0.05) is 22.9 Å². The average Bonchev–Trinajstić information content (AvgIpc) is 2.35. The van der Waals surface area contributed by atoms with Gasteiger partial charge >= 0.3 is 0 Å². The Hall–Kier alpha value is -1.20. The van der Waals surface area contributed by atoms with Crippen LogP contribution in [0.4, 0.5) is 5.69 Å². The lowest BCUT2D eigenvalue weighted by Gasteiger charge is -2.16. The summed E-state index contributed by atoms with van der Waals surface area (Å²) in [5.74, 6) is 0. The fraction of sp³-hybridized carbons (Fsp3) is 0.333. The van der Waals surface area contributed by atoms with Gasteiger partial charge in [0.1, 0.15) is 5.52 Å². The number of nitrogens with zero attached hydrogens (tertiary/aromatic N) is 2. The van der Waals surface area contributed by atoms with E-state index in [1.54, 1.807) is 12.4 Å². The molecule has 0 unspecified atom stereocenters. The molecule has 1 atom stereocenters. The molecule has 2 rings (SSSR count). The molecule has 0 aliphatic rings. The van der Waals surface area contributed by atoms with Crippen LogP contribution in [-0.2, 0) is 0 Å². The van der Waals surface area contributed by atoms with E-state index in [0.717, 1.165) is 27.6 Å². The number of pyridine rings is 2. The predicted octanol–water partition coefficient (Wildman–Crippen LogP) is 2.58. The van der Waals surface area contributed by atoms with Gasteiger partial charge in [-0.1, -0.05) is 6.92 Å². The van der Waals surface area contributed by atoms with E-state index in [1.807, 2.05) is 19.1 Å². The highest BCUT2D eigenvalue weighted by atomic mass is 79.9. The fourth-order valence-corrected chi connectivity index (χ4v) is 1.94. The van der Waals surface area contributed by atoms with E-state index in [9.17, 15) is 5.11 Å². The molecule has 0 spiro atoms. The Morgan fingerprint density at radius 1 is 1.47 bits per heavy atom. The second-order valence-electron chi connectivity index (χ2n) is 3.81. The summed E-state index contributed by atoms with van der Waals surface area (Å²) >= 11 is 3.37. The zero-order valence-corrected chi connectivity index (χ0v) is 11.1. The molecule has 2 aromatic rings. The summed E-state index contributed by atoms with van der Waals surface area (Å²) in [5, 5.41) is 12.5. The normalized spacial score (nSPS) is 12.6. The number of aliphatic hydroxyl groups excluding tert-OH is 1. The topological polar surface area (TPSA) is 58.0 Å². The molecular formula is C12H14BrN3O. The second-order valence-corrected chi connectivity index (χ2v) is 4.73. The van der Waals surface area contributed by atoms with Crippen molar-refractivity contribution in [3.05, 3.63) is 29.0 Å². The first kappa shape index (κ1) is 12.3. The van der Waals surface area contributed by atoms with Crippen LogP contribution < -0.4 is 5.32 Å². The lowest BCUT2D eigenvalue weighted by Crippen LogP contribution is -2.22. The van der Waals surface area contributed by atoms with E-state index in [0.29, 0.717) is 0 Å². The minimum atomic E-state index is 0.0473. The van der Waals surface area contributed by atoms with Crippen LogP contribution >= 0.6 is 15.9 Å². The Morgan fingerprint density at radius 3 is 3.00 bits per heavy atom. The molecule has 0 aliphatic heterocycles. The standard InChI is InChI=1S/C12H14BrN3O/c1-2-9(7-17)16-10-3-4-14-11-5-8(13)6-15-12(10)11/h3-6,9,17H,2,7H2,1H3,(H,14,16)/t9-/m1/s1. The summed E-state index contributed by atoms with van der Waals surface area (Å²) in [7, 11) is 0. The van der Waals surface area contributed by atoms with Crippen LogP contribution in [0.5, 0.6) is 0 Å². The van der Waals surface area contributed by atoms with Crippen LogP contribution in [0, 0.1) is 0 Å². The number of fused-ring (bicyclic) bond motifs is 1. The minimum absolute atomic E-state index is 0.0473. The molecule has 0 aromatic carbocycles. The van der Waals surface area contributed by atoms with E-state index in [1.165, 1.54) is 0 Å². The van der Waals surface area contributed by atoms with Crippen molar-refractivity contribution in [2.45, 2.75) is 19.4 Å². The van der Waals surface area contributed by atoms with Gasteiger partial charge in [0.15, 0.2) is 0 Å². The summed E-state index contributed by atoms with van der Waals surface area (Å²) in [4.78, 5) is 8.62. The molecule has 0 saturated heterocycles. The van der Waals surface area contributed by atoms with Crippen molar-refractivity contribution in [2.75, 3.05) is 11.9 Å². The smallest absolute Gasteiger partial charge is 0.112 e. The monoisotopic (exact) mass is 295 g/mol. The summed E-state index contributed by atoms with van der Waals surface area (Å²) < 4.78 is 0.906. The lowest BCUT2D eigenvalue weighted by atomic mass is 10.2. The first-order chi connectivity index (χ1) is 8.24. The van der Waals surface area contributed by atoms with Crippen molar-refractivity contribution in [1.29, 1.82) is 0 Å². The van der Waals surface area contributed by atoms with E-state index < -0.39 is 0 Å². The average molecular weight is 296 g/mol. The molecule has 0 saturated carbocycles.